The van der Waals surface area contributed by atoms with Crippen LogP contribution in [-0.2, 0) is 12.8 Å². The molecule has 0 aliphatic carbocycles. The van der Waals surface area contributed by atoms with Crippen molar-refractivity contribution < 1.29 is 8.91 Å². The van der Waals surface area contributed by atoms with E-state index in [0.717, 1.165) is 0 Å². The van der Waals surface area contributed by atoms with Crippen LogP contribution in [0.3, 0.4) is 0 Å². The molecular formula is C15H21ClFN3O. The predicted octanol–water partition coefficient (Wildman–Crippen LogP) is 3.13. The van der Waals surface area contributed by atoms with Crippen molar-refractivity contribution in [2.45, 2.75) is 38.6 Å². The summed E-state index contributed by atoms with van der Waals surface area (Å²) in [6.45, 7) is 4.02. The van der Waals surface area contributed by atoms with Crippen molar-refractivity contribution in [2.75, 3.05) is 7.05 Å². The third kappa shape index (κ3) is 4.79. The van der Waals surface area contributed by atoms with Crippen molar-refractivity contribution in [1.82, 2.24) is 15.5 Å². The molecule has 21 heavy (non-hydrogen) atoms. The van der Waals surface area contributed by atoms with Crippen LogP contribution in [0, 0.1) is 5.82 Å². The lowest BCUT2D eigenvalue weighted by molar-refractivity contribution is 0.352. The normalized spacial score (nSPS) is 13.5. The van der Waals surface area contributed by atoms with E-state index in [-0.39, 0.29) is 24.1 Å². The molecule has 4 nitrogen and oxygen atoms in total. The van der Waals surface area contributed by atoms with Crippen LogP contribution in [0.4, 0.5) is 4.39 Å². The van der Waals surface area contributed by atoms with Gasteiger partial charge in [0, 0.05) is 18.4 Å². The standard InChI is InChI=1S/C15H20FN3O.ClH/c1-10(8-12-6-4-5-7-13(12)16)15-18-14(19-20-15)9-11(2)17-3;/h4-7,10-11,17H,8-9H2,1-3H3;1H. The van der Waals surface area contributed by atoms with Crippen molar-refractivity contribution in [2.24, 2.45) is 0 Å². The average Bonchev–Trinajstić information content (AvgIpc) is 2.89. The van der Waals surface area contributed by atoms with Crippen LogP contribution >= 0.6 is 12.4 Å². The van der Waals surface area contributed by atoms with Gasteiger partial charge in [-0.15, -0.1) is 12.4 Å². The molecule has 2 aromatic rings. The van der Waals surface area contributed by atoms with Crippen LogP contribution < -0.4 is 5.32 Å². The monoisotopic (exact) mass is 313 g/mol. The van der Waals surface area contributed by atoms with Gasteiger partial charge >= 0.3 is 0 Å². The molecule has 1 heterocycles. The van der Waals surface area contributed by atoms with Crippen molar-refractivity contribution in [3.8, 4) is 0 Å². The largest absolute Gasteiger partial charge is 0.339 e. The van der Waals surface area contributed by atoms with Crippen LogP contribution in [0.15, 0.2) is 28.8 Å². The van der Waals surface area contributed by atoms with Gasteiger partial charge in [-0.25, -0.2) is 4.39 Å². The zero-order chi connectivity index (χ0) is 14.5. The Morgan fingerprint density at radius 2 is 1.95 bits per heavy atom. The van der Waals surface area contributed by atoms with Gasteiger partial charge in [-0.3, -0.25) is 0 Å². The van der Waals surface area contributed by atoms with Gasteiger partial charge in [-0.1, -0.05) is 30.3 Å². The molecular weight excluding hydrogens is 293 g/mol. The topological polar surface area (TPSA) is 51.0 Å². The van der Waals surface area contributed by atoms with Gasteiger partial charge in [0.15, 0.2) is 5.82 Å². The molecule has 0 spiro atoms. The molecule has 1 aromatic carbocycles. The highest BCUT2D eigenvalue weighted by Crippen LogP contribution is 2.20. The van der Waals surface area contributed by atoms with Crippen LogP contribution in [0.5, 0.6) is 0 Å². The summed E-state index contributed by atoms with van der Waals surface area (Å²) in [5.41, 5.74) is 0.670. The number of benzene rings is 1. The first kappa shape index (κ1) is 17.6. The van der Waals surface area contributed by atoms with Crippen molar-refractivity contribution in [1.29, 1.82) is 0 Å². The molecule has 0 fully saturated rings. The molecule has 0 saturated carbocycles. The lowest BCUT2D eigenvalue weighted by atomic mass is 10.0. The number of nitrogens with one attached hydrogen (secondary N) is 1. The fraction of sp³-hybridized carbons (Fsp3) is 0.467. The molecule has 6 heteroatoms. The maximum Gasteiger partial charge on any atom is 0.229 e. The molecule has 2 unspecified atom stereocenters. The molecule has 1 N–H and O–H groups in total. The van der Waals surface area contributed by atoms with E-state index in [1.54, 1.807) is 12.1 Å². The summed E-state index contributed by atoms with van der Waals surface area (Å²) in [6.07, 6.45) is 1.27. The van der Waals surface area contributed by atoms with E-state index < -0.39 is 0 Å². The summed E-state index contributed by atoms with van der Waals surface area (Å²) in [6, 6.07) is 7.07. The molecule has 0 aliphatic rings. The molecule has 0 aliphatic heterocycles. The minimum atomic E-state index is -0.192. The van der Waals surface area contributed by atoms with Gasteiger partial charge in [0.25, 0.3) is 0 Å². The molecule has 0 bridgehead atoms. The Hall–Kier alpha value is -1.46. The Morgan fingerprint density at radius 1 is 1.24 bits per heavy atom. The third-order valence-electron chi connectivity index (χ3n) is 3.37. The highest BCUT2D eigenvalue weighted by molar-refractivity contribution is 5.85. The van der Waals surface area contributed by atoms with E-state index in [1.165, 1.54) is 6.07 Å². The van der Waals surface area contributed by atoms with Gasteiger partial charge in [0.1, 0.15) is 5.82 Å². The number of hydrogen-bond donors (Lipinski definition) is 1. The van der Waals surface area contributed by atoms with Gasteiger partial charge in [-0.05, 0) is 32.0 Å². The summed E-state index contributed by atoms with van der Waals surface area (Å²) in [5, 5.41) is 7.10. The van der Waals surface area contributed by atoms with Crippen LogP contribution in [0.1, 0.15) is 37.0 Å². The quantitative estimate of drug-likeness (QED) is 0.890. The molecule has 0 amide bonds. The van der Waals surface area contributed by atoms with Gasteiger partial charge < -0.3 is 9.84 Å². The first-order valence-electron chi connectivity index (χ1n) is 6.83. The van der Waals surface area contributed by atoms with Crippen LogP contribution in [0.2, 0.25) is 0 Å². The second kappa shape index (κ2) is 8.10. The zero-order valence-corrected chi connectivity index (χ0v) is 13.3. The summed E-state index contributed by atoms with van der Waals surface area (Å²) < 4.78 is 18.9. The fourth-order valence-electron chi connectivity index (χ4n) is 2.01. The van der Waals surface area contributed by atoms with E-state index in [1.807, 2.05) is 20.0 Å². The highest BCUT2D eigenvalue weighted by atomic mass is 35.5. The summed E-state index contributed by atoms with van der Waals surface area (Å²) in [4.78, 5) is 4.38. The lowest BCUT2D eigenvalue weighted by Crippen LogP contribution is -2.24. The van der Waals surface area contributed by atoms with Crippen molar-refractivity contribution >= 4 is 12.4 Å². The minimum absolute atomic E-state index is 0. The lowest BCUT2D eigenvalue weighted by Gasteiger charge is -2.07. The van der Waals surface area contributed by atoms with E-state index >= 15 is 0 Å². The Morgan fingerprint density at radius 3 is 2.62 bits per heavy atom. The summed E-state index contributed by atoms with van der Waals surface area (Å²) in [5.74, 6) is 1.05. The fourth-order valence-corrected chi connectivity index (χ4v) is 2.01. The van der Waals surface area contributed by atoms with E-state index in [2.05, 4.69) is 22.4 Å². The number of hydrogen-bond acceptors (Lipinski definition) is 4. The maximum absolute atomic E-state index is 13.6. The van der Waals surface area contributed by atoms with E-state index in [9.17, 15) is 4.39 Å². The predicted molar refractivity (Wildman–Crippen MR) is 82.3 cm³/mol. The highest BCUT2D eigenvalue weighted by Gasteiger charge is 2.17. The molecule has 2 rings (SSSR count). The van der Waals surface area contributed by atoms with E-state index in [0.29, 0.717) is 36.2 Å². The Kier molecular flexibility index (Phi) is 6.78. The Labute approximate surface area is 130 Å². The molecule has 1 aromatic heterocycles. The number of likely N-dealkylation sites (N-methyl/N-ethyl adjacent to an activating group) is 1. The van der Waals surface area contributed by atoms with Gasteiger partial charge in [-0.2, -0.15) is 4.98 Å². The molecule has 2 atom stereocenters. The van der Waals surface area contributed by atoms with Crippen molar-refractivity contribution in [3.05, 3.63) is 47.4 Å². The minimum Gasteiger partial charge on any atom is -0.339 e. The SMILES string of the molecule is CNC(C)Cc1noc(C(C)Cc2ccccc2F)n1.Cl. The Bertz CT molecular complexity index is 561. The molecule has 0 saturated heterocycles. The number of halogens is 2. The number of aromatic nitrogens is 2. The second-order valence-corrected chi connectivity index (χ2v) is 5.14. The molecule has 116 valence electrons. The maximum atomic E-state index is 13.6. The number of rotatable bonds is 6. The molecule has 0 radical (unpaired) electrons. The van der Waals surface area contributed by atoms with Gasteiger partial charge in [0.2, 0.25) is 5.89 Å². The van der Waals surface area contributed by atoms with Crippen molar-refractivity contribution in [3.63, 3.8) is 0 Å². The number of nitrogens with zero attached hydrogens (tertiary/aromatic N) is 2. The van der Waals surface area contributed by atoms with Crippen LogP contribution in [-0.4, -0.2) is 23.2 Å². The first-order chi connectivity index (χ1) is 9.60. The van der Waals surface area contributed by atoms with Crippen LogP contribution in [0.25, 0.3) is 0 Å². The third-order valence-corrected chi connectivity index (χ3v) is 3.37. The van der Waals surface area contributed by atoms with Gasteiger partial charge in [0.05, 0.1) is 0 Å². The zero-order valence-electron chi connectivity index (χ0n) is 12.5. The smallest absolute Gasteiger partial charge is 0.229 e. The first-order valence-corrected chi connectivity index (χ1v) is 6.83. The summed E-state index contributed by atoms with van der Waals surface area (Å²) in [7, 11) is 1.90. The van der Waals surface area contributed by atoms with E-state index in [4.69, 9.17) is 4.52 Å². The summed E-state index contributed by atoms with van der Waals surface area (Å²) >= 11 is 0. The Balaban J connectivity index is 0.00000220. The second-order valence-electron chi connectivity index (χ2n) is 5.14. The average molecular weight is 314 g/mol.